The van der Waals surface area contributed by atoms with Crippen LogP contribution in [-0.4, -0.2) is 6.10 Å². The predicted octanol–water partition coefficient (Wildman–Crippen LogP) is 3.42. The lowest BCUT2D eigenvalue weighted by atomic mass is 9.98. The summed E-state index contributed by atoms with van der Waals surface area (Å²) in [6, 6.07) is 8.29. The van der Waals surface area contributed by atoms with Crippen LogP contribution in [0.2, 0.25) is 0 Å². The van der Waals surface area contributed by atoms with E-state index in [0.29, 0.717) is 6.10 Å². The van der Waals surface area contributed by atoms with Gasteiger partial charge in [0.05, 0.1) is 6.10 Å². The van der Waals surface area contributed by atoms with Gasteiger partial charge in [0.15, 0.2) is 0 Å². The highest BCUT2D eigenvalue weighted by atomic mass is 16.5. The van der Waals surface area contributed by atoms with E-state index in [9.17, 15) is 0 Å². The lowest BCUT2D eigenvalue weighted by Crippen LogP contribution is -2.19. The van der Waals surface area contributed by atoms with E-state index in [1.165, 1.54) is 32.1 Å². The Morgan fingerprint density at radius 2 is 1.75 bits per heavy atom. The molecule has 0 aliphatic heterocycles. The molecular formula is C14H21NO. The van der Waals surface area contributed by atoms with Crippen molar-refractivity contribution in [3.63, 3.8) is 0 Å². The first-order valence-corrected chi connectivity index (χ1v) is 6.28. The Balaban J connectivity index is 1.93. The summed E-state index contributed by atoms with van der Waals surface area (Å²) in [5.74, 6) is 0.983. The summed E-state index contributed by atoms with van der Waals surface area (Å²) in [6.07, 6.45) is 6.81. The van der Waals surface area contributed by atoms with Crippen molar-refractivity contribution >= 4 is 0 Å². The zero-order valence-electron chi connectivity index (χ0n) is 9.99. The van der Waals surface area contributed by atoms with Crippen LogP contribution in [0.25, 0.3) is 0 Å². The summed E-state index contributed by atoms with van der Waals surface area (Å²) < 4.78 is 5.95. The summed E-state index contributed by atoms with van der Waals surface area (Å²) in [4.78, 5) is 0. The van der Waals surface area contributed by atoms with Gasteiger partial charge in [-0.25, -0.2) is 0 Å². The predicted molar refractivity (Wildman–Crippen MR) is 66.5 cm³/mol. The van der Waals surface area contributed by atoms with Crippen molar-refractivity contribution in [3.05, 3.63) is 29.8 Å². The highest BCUT2D eigenvalue weighted by molar-refractivity contribution is 5.28. The molecule has 1 aliphatic rings. The zero-order valence-corrected chi connectivity index (χ0v) is 9.99. The van der Waals surface area contributed by atoms with Gasteiger partial charge in [-0.2, -0.15) is 0 Å². The molecule has 1 atom stereocenters. The maximum Gasteiger partial charge on any atom is 0.119 e. The van der Waals surface area contributed by atoms with Crippen molar-refractivity contribution in [1.29, 1.82) is 0 Å². The number of rotatable bonds is 3. The molecular weight excluding hydrogens is 198 g/mol. The Bertz CT molecular complexity index is 312. The normalized spacial score (nSPS) is 19.4. The molecule has 2 rings (SSSR count). The van der Waals surface area contributed by atoms with Crippen LogP contribution < -0.4 is 10.5 Å². The van der Waals surface area contributed by atoms with Crippen molar-refractivity contribution in [2.75, 3.05) is 0 Å². The fourth-order valence-electron chi connectivity index (χ4n) is 2.23. The minimum Gasteiger partial charge on any atom is -0.490 e. The molecule has 0 amide bonds. The van der Waals surface area contributed by atoms with E-state index in [0.717, 1.165) is 11.3 Å². The summed E-state index contributed by atoms with van der Waals surface area (Å²) in [5.41, 5.74) is 6.97. The van der Waals surface area contributed by atoms with Gasteiger partial charge in [0.25, 0.3) is 0 Å². The molecule has 16 heavy (non-hydrogen) atoms. The number of ether oxygens (including phenoxy) is 1. The summed E-state index contributed by atoms with van der Waals surface area (Å²) in [7, 11) is 0. The van der Waals surface area contributed by atoms with Crippen molar-refractivity contribution in [2.24, 2.45) is 5.73 Å². The molecule has 1 aliphatic carbocycles. The Kier molecular flexibility index (Phi) is 3.83. The van der Waals surface area contributed by atoms with Crippen LogP contribution in [0.5, 0.6) is 5.75 Å². The highest BCUT2D eigenvalue weighted by Gasteiger charge is 2.14. The van der Waals surface area contributed by atoms with Crippen LogP contribution in [0.3, 0.4) is 0 Å². The lowest BCUT2D eigenvalue weighted by Gasteiger charge is -2.23. The van der Waals surface area contributed by atoms with E-state index < -0.39 is 0 Å². The average Bonchev–Trinajstić information content (AvgIpc) is 2.31. The van der Waals surface area contributed by atoms with Gasteiger partial charge in [-0.05, 0) is 50.3 Å². The van der Waals surface area contributed by atoms with Crippen molar-refractivity contribution < 1.29 is 4.74 Å². The molecule has 1 aromatic carbocycles. The van der Waals surface area contributed by atoms with Crippen molar-refractivity contribution in [3.8, 4) is 5.75 Å². The minimum atomic E-state index is 0.101. The molecule has 0 radical (unpaired) electrons. The molecule has 1 aromatic rings. The highest BCUT2D eigenvalue weighted by Crippen LogP contribution is 2.24. The second-order valence-corrected chi connectivity index (χ2v) is 4.74. The van der Waals surface area contributed by atoms with Crippen LogP contribution in [0, 0.1) is 0 Å². The zero-order chi connectivity index (χ0) is 11.4. The molecule has 0 bridgehead atoms. The van der Waals surface area contributed by atoms with E-state index in [1.807, 2.05) is 19.1 Å². The van der Waals surface area contributed by atoms with Crippen LogP contribution in [0.4, 0.5) is 0 Å². The number of hydrogen-bond acceptors (Lipinski definition) is 2. The maximum absolute atomic E-state index is 5.95. The quantitative estimate of drug-likeness (QED) is 0.845. The van der Waals surface area contributed by atoms with Crippen LogP contribution in [0.1, 0.15) is 50.6 Å². The van der Waals surface area contributed by atoms with E-state index in [2.05, 4.69) is 12.1 Å². The van der Waals surface area contributed by atoms with Crippen molar-refractivity contribution in [2.45, 2.75) is 51.2 Å². The SMILES string of the molecule is C[C@H](N)c1ccc(OC2CCCCC2)cc1. The average molecular weight is 219 g/mol. The Hall–Kier alpha value is -1.02. The third kappa shape index (κ3) is 2.99. The second kappa shape index (κ2) is 5.35. The first-order valence-electron chi connectivity index (χ1n) is 6.28. The Morgan fingerprint density at radius 1 is 1.12 bits per heavy atom. The third-order valence-electron chi connectivity index (χ3n) is 3.26. The molecule has 0 heterocycles. The fraction of sp³-hybridized carbons (Fsp3) is 0.571. The van der Waals surface area contributed by atoms with E-state index in [-0.39, 0.29) is 6.04 Å². The van der Waals surface area contributed by atoms with Crippen LogP contribution in [0.15, 0.2) is 24.3 Å². The summed E-state index contributed by atoms with van der Waals surface area (Å²) in [5, 5.41) is 0. The molecule has 88 valence electrons. The standard InChI is InChI=1S/C14H21NO/c1-11(15)12-7-9-14(10-8-12)16-13-5-3-2-4-6-13/h7-11,13H,2-6,15H2,1H3/t11-/m0/s1. The second-order valence-electron chi connectivity index (χ2n) is 4.74. The first-order chi connectivity index (χ1) is 7.75. The van der Waals surface area contributed by atoms with Crippen LogP contribution >= 0.6 is 0 Å². The topological polar surface area (TPSA) is 35.2 Å². The smallest absolute Gasteiger partial charge is 0.119 e. The number of nitrogens with two attached hydrogens (primary N) is 1. The largest absolute Gasteiger partial charge is 0.490 e. The first kappa shape index (κ1) is 11.5. The van der Waals surface area contributed by atoms with Gasteiger partial charge in [-0.3, -0.25) is 0 Å². The molecule has 2 nitrogen and oxygen atoms in total. The molecule has 0 unspecified atom stereocenters. The summed E-state index contributed by atoms with van der Waals surface area (Å²) >= 11 is 0. The van der Waals surface area contributed by atoms with Gasteiger partial charge in [0.1, 0.15) is 5.75 Å². The van der Waals surface area contributed by atoms with Crippen LogP contribution in [-0.2, 0) is 0 Å². The van der Waals surface area contributed by atoms with Gasteiger partial charge in [0, 0.05) is 6.04 Å². The Labute approximate surface area is 97.8 Å². The van der Waals surface area contributed by atoms with E-state index in [1.54, 1.807) is 0 Å². The number of hydrogen-bond donors (Lipinski definition) is 1. The van der Waals surface area contributed by atoms with Gasteiger partial charge in [-0.1, -0.05) is 18.6 Å². The molecule has 2 N–H and O–H groups in total. The van der Waals surface area contributed by atoms with E-state index in [4.69, 9.17) is 10.5 Å². The van der Waals surface area contributed by atoms with Gasteiger partial charge < -0.3 is 10.5 Å². The van der Waals surface area contributed by atoms with Gasteiger partial charge in [0.2, 0.25) is 0 Å². The van der Waals surface area contributed by atoms with E-state index >= 15 is 0 Å². The molecule has 2 heteroatoms. The van der Waals surface area contributed by atoms with Gasteiger partial charge >= 0.3 is 0 Å². The molecule has 0 spiro atoms. The lowest BCUT2D eigenvalue weighted by molar-refractivity contribution is 0.155. The molecule has 0 saturated heterocycles. The summed E-state index contributed by atoms with van der Waals surface area (Å²) in [6.45, 7) is 2.00. The minimum absolute atomic E-state index is 0.101. The van der Waals surface area contributed by atoms with Crippen molar-refractivity contribution in [1.82, 2.24) is 0 Å². The molecule has 1 fully saturated rings. The Morgan fingerprint density at radius 3 is 2.31 bits per heavy atom. The maximum atomic E-state index is 5.95. The monoisotopic (exact) mass is 219 g/mol. The number of benzene rings is 1. The molecule has 0 aromatic heterocycles. The fourth-order valence-corrected chi connectivity index (χ4v) is 2.23. The third-order valence-corrected chi connectivity index (χ3v) is 3.26. The van der Waals surface area contributed by atoms with Gasteiger partial charge in [-0.15, -0.1) is 0 Å². The molecule has 1 saturated carbocycles.